The Balaban J connectivity index is 1.45. The van der Waals surface area contributed by atoms with E-state index in [0.717, 1.165) is 30.2 Å². The lowest BCUT2D eigenvalue weighted by molar-refractivity contribution is -0.120. The molecule has 1 aromatic carbocycles. The van der Waals surface area contributed by atoms with Crippen LogP contribution in [0.25, 0.3) is 0 Å². The van der Waals surface area contributed by atoms with Gasteiger partial charge in [0.1, 0.15) is 5.82 Å². The Hall–Kier alpha value is -2.34. The van der Waals surface area contributed by atoms with Gasteiger partial charge in [0.15, 0.2) is 0 Å². The molecule has 0 bridgehead atoms. The number of aromatic nitrogens is 2. The average Bonchev–Trinajstić information content (AvgIpc) is 2.67. The number of aryl methyl sites for hydroxylation is 1. The smallest absolute Gasteiger partial charge is 0.224 e. The number of carbonyl (C=O) groups is 1. The monoisotopic (exact) mass is 387 g/mol. The molecule has 2 aromatic rings. The zero-order chi connectivity index (χ0) is 19.1. The summed E-state index contributed by atoms with van der Waals surface area (Å²) in [4.78, 5) is 23.4. The quantitative estimate of drug-likeness (QED) is 0.714. The van der Waals surface area contributed by atoms with Gasteiger partial charge in [-0.3, -0.25) is 4.79 Å². The van der Waals surface area contributed by atoms with E-state index in [9.17, 15) is 4.79 Å². The molecule has 1 aliphatic heterocycles. The number of rotatable bonds is 7. The van der Waals surface area contributed by atoms with Gasteiger partial charge in [0.05, 0.1) is 6.42 Å². The van der Waals surface area contributed by atoms with Crippen molar-refractivity contribution in [3.05, 3.63) is 46.6 Å². The van der Waals surface area contributed by atoms with E-state index >= 15 is 0 Å². The van der Waals surface area contributed by atoms with Gasteiger partial charge < -0.3 is 15.5 Å². The van der Waals surface area contributed by atoms with Gasteiger partial charge in [-0.2, -0.15) is 4.98 Å². The van der Waals surface area contributed by atoms with Gasteiger partial charge >= 0.3 is 0 Å². The Bertz CT molecular complexity index is 759. The third kappa shape index (κ3) is 6.10. The van der Waals surface area contributed by atoms with E-state index in [0.29, 0.717) is 30.5 Å². The Morgan fingerprint density at radius 3 is 2.59 bits per heavy atom. The van der Waals surface area contributed by atoms with Crippen molar-refractivity contribution in [1.82, 2.24) is 15.3 Å². The molecule has 7 heteroatoms. The van der Waals surface area contributed by atoms with Crippen LogP contribution >= 0.6 is 11.6 Å². The minimum Gasteiger partial charge on any atom is -0.356 e. The normalized spacial score (nSPS) is 14.1. The second-order valence-electron chi connectivity index (χ2n) is 6.82. The molecule has 0 unspecified atom stereocenters. The first kappa shape index (κ1) is 19.4. The number of anilines is 2. The summed E-state index contributed by atoms with van der Waals surface area (Å²) in [5, 5.41) is 6.79. The Kier molecular flexibility index (Phi) is 6.87. The van der Waals surface area contributed by atoms with E-state index in [1.54, 1.807) is 12.1 Å². The lowest BCUT2D eigenvalue weighted by atomic mass is 10.1. The Morgan fingerprint density at radius 1 is 1.11 bits per heavy atom. The highest BCUT2D eigenvalue weighted by Gasteiger charge is 2.13. The molecule has 0 radical (unpaired) electrons. The van der Waals surface area contributed by atoms with Crippen LogP contribution in [0, 0.1) is 6.92 Å². The van der Waals surface area contributed by atoms with Gasteiger partial charge in [0.25, 0.3) is 0 Å². The van der Waals surface area contributed by atoms with Crippen LogP contribution in [0.5, 0.6) is 0 Å². The van der Waals surface area contributed by atoms with Crippen molar-refractivity contribution < 1.29 is 4.79 Å². The van der Waals surface area contributed by atoms with E-state index < -0.39 is 0 Å². The zero-order valence-electron chi connectivity index (χ0n) is 15.7. The van der Waals surface area contributed by atoms with Gasteiger partial charge in [0.2, 0.25) is 11.9 Å². The minimum absolute atomic E-state index is 0.0155. The number of piperidine rings is 1. The molecule has 27 heavy (non-hydrogen) atoms. The molecule has 0 atom stereocenters. The number of benzene rings is 1. The highest BCUT2D eigenvalue weighted by atomic mass is 35.5. The second-order valence-corrected chi connectivity index (χ2v) is 7.26. The van der Waals surface area contributed by atoms with Crippen LogP contribution in [0.2, 0.25) is 5.02 Å². The fourth-order valence-electron chi connectivity index (χ4n) is 3.14. The first-order valence-electron chi connectivity index (χ1n) is 9.46. The molecular weight excluding hydrogens is 362 g/mol. The fourth-order valence-corrected chi connectivity index (χ4v) is 3.27. The van der Waals surface area contributed by atoms with Crippen LogP contribution in [-0.4, -0.2) is 42.1 Å². The highest BCUT2D eigenvalue weighted by Crippen LogP contribution is 2.19. The number of nitrogens with one attached hydrogen (secondary N) is 2. The predicted octanol–water partition coefficient (Wildman–Crippen LogP) is 3.20. The van der Waals surface area contributed by atoms with E-state index in [1.165, 1.54) is 19.3 Å². The molecule has 3 rings (SSSR count). The molecule has 2 N–H and O–H groups in total. The average molecular weight is 388 g/mol. The summed E-state index contributed by atoms with van der Waals surface area (Å²) in [5.74, 6) is 1.58. The fraction of sp³-hybridized carbons (Fsp3) is 0.450. The summed E-state index contributed by atoms with van der Waals surface area (Å²) in [6, 6.07) is 9.34. The number of halogens is 1. The maximum absolute atomic E-state index is 12.0. The maximum Gasteiger partial charge on any atom is 0.224 e. The van der Waals surface area contributed by atoms with E-state index in [1.807, 2.05) is 25.1 Å². The summed E-state index contributed by atoms with van der Waals surface area (Å²) in [6.07, 6.45) is 4.07. The number of amides is 1. The zero-order valence-corrected chi connectivity index (χ0v) is 16.4. The molecular formula is C20H26ClN5O. The molecule has 144 valence electrons. The molecule has 2 heterocycles. The topological polar surface area (TPSA) is 70.2 Å². The largest absolute Gasteiger partial charge is 0.356 e. The van der Waals surface area contributed by atoms with E-state index in [4.69, 9.17) is 11.6 Å². The Labute approximate surface area is 165 Å². The SMILES string of the molecule is Cc1cc(N2CCCCC2)nc(NCCNC(=O)Cc2ccc(Cl)cc2)n1. The summed E-state index contributed by atoms with van der Waals surface area (Å²) < 4.78 is 0. The molecule has 0 aliphatic carbocycles. The van der Waals surface area contributed by atoms with Crippen LogP contribution < -0.4 is 15.5 Å². The van der Waals surface area contributed by atoms with Crippen molar-refractivity contribution >= 4 is 29.3 Å². The first-order chi connectivity index (χ1) is 13.1. The molecule has 6 nitrogen and oxygen atoms in total. The van der Waals surface area contributed by atoms with Gasteiger partial charge in [-0.15, -0.1) is 0 Å². The van der Waals surface area contributed by atoms with Gasteiger partial charge in [-0.1, -0.05) is 23.7 Å². The molecule has 0 spiro atoms. The number of hydrogen-bond acceptors (Lipinski definition) is 5. The number of hydrogen-bond donors (Lipinski definition) is 2. The molecule has 1 aliphatic rings. The third-order valence-electron chi connectivity index (χ3n) is 4.53. The number of nitrogens with zero attached hydrogens (tertiary/aromatic N) is 3. The third-order valence-corrected chi connectivity index (χ3v) is 4.78. The Morgan fingerprint density at radius 2 is 1.85 bits per heavy atom. The van der Waals surface area contributed by atoms with Crippen LogP contribution in [0.15, 0.2) is 30.3 Å². The van der Waals surface area contributed by atoms with Gasteiger partial charge in [-0.25, -0.2) is 4.98 Å². The minimum atomic E-state index is -0.0155. The molecule has 1 fully saturated rings. The van der Waals surface area contributed by atoms with Crippen LogP contribution in [0.1, 0.15) is 30.5 Å². The predicted molar refractivity (Wildman–Crippen MR) is 109 cm³/mol. The lowest BCUT2D eigenvalue weighted by Crippen LogP contribution is -2.31. The molecule has 0 saturated carbocycles. The van der Waals surface area contributed by atoms with Crippen LogP contribution in [0.4, 0.5) is 11.8 Å². The number of carbonyl (C=O) groups excluding carboxylic acids is 1. The molecule has 1 amide bonds. The van der Waals surface area contributed by atoms with Crippen molar-refractivity contribution in [2.75, 3.05) is 36.4 Å². The second kappa shape index (κ2) is 9.55. The highest BCUT2D eigenvalue weighted by molar-refractivity contribution is 6.30. The lowest BCUT2D eigenvalue weighted by Gasteiger charge is -2.28. The van der Waals surface area contributed by atoms with E-state index in [-0.39, 0.29) is 5.91 Å². The van der Waals surface area contributed by atoms with Crippen molar-refractivity contribution in [2.45, 2.75) is 32.6 Å². The van der Waals surface area contributed by atoms with E-state index in [2.05, 4.69) is 25.5 Å². The van der Waals surface area contributed by atoms with Crippen molar-refractivity contribution in [2.24, 2.45) is 0 Å². The summed E-state index contributed by atoms with van der Waals surface area (Å²) >= 11 is 5.86. The van der Waals surface area contributed by atoms with Crippen LogP contribution in [-0.2, 0) is 11.2 Å². The van der Waals surface area contributed by atoms with Gasteiger partial charge in [0, 0.05) is 43.0 Å². The van der Waals surface area contributed by atoms with Gasteiger partial charge in [-0.05, 0) is 43.9 Å². The first-order valence-corrected chi connectivity index (χ1v) is 9.83. The molecule has 1 saturated heterocycles. The van der Waals surface area contributed by atoms with Crippen LogP contribution in [0.3, 0.4) is 0 Å². The van der Waals surface area contributed by atoms with Crippen molar-refractivity contribution in [3.63, 3.8) is 0 Å². The standard InChI is InChI=1S/C20H26ClN5O/c1-15-13-18(26-11-3-2-4-12-26)25-20(24-15)23-10-9-22-19(27)14-16-5-7-17(21)8-6-16/h5-8,13H,2-4,9-12,14H2,1H3,(H,22,27)(H,23,24,25). The summed E-state index contributed by atoms with van der Waals surface area (Å²) in [6.45, 7) is 5.18. The van der Waals surface area contributed by atoms with Crippen molar-refractivity contribution in [3.8, 4) is 0 Å². The maximum atomic E-state index is 12.0. The summed E-state index contributed by atoms with van der Waals surface area (Å²) in [7, 11) is 0. The summed E-state index contributed by atoms with van der Waals surface area (Å²) in [5.41, 5.74) is 1.89. The van der Waals surface area contributed by atoms with Crippen molar-refractivity contribution in [1.29, 1.82) is 0 Å². The molecule has 1 aromatic heterocycles.